The van der Waals surface area contributed by atoms with E-state index in [9.17, 15) is 73.8 Å². The van der Waals surface area contributed by atoms with E-state index in [-0.39, 0.29) is 37.4 Å². The molecular formula is C39H68N12O15. The topological polar surface area (TPSA) is 452 Å². The number of unbranched alkanes of at least 4 members (excludes halogenated alkanes) is 1. The van der Waals surface area contributed by atoms with Crippen LogP contribution in [0.2, 0.25) is 0 Å². The molecule has 0 bridgehead atoms. The van der Waals surface area contributed by atoms with Crippen LogP contribution in [-0.4, -0.2) is 186 Å². The lowest BCUT2D eigenvalue weighted by atomic mass is 10.0. The standard InChI is InChI=1S/C39H68N12O15/c1-17(2)11-24(47-38(64)30(21(6)56)51-36(62)28(41)19(4)54)32(58)44-18(3)31(57)48-26(14-52)34(60)46-25(12-22-13-42-16-43-22)33(59)49-27(15-53)35(61)50-29(20(5)55)37(63)45-23(39(65)66)9-7-8-10-40/h13,16-21,23-30,52-56H,7-12,14-15,40-41H2,1-6H3,(H,42,43)(H,44,58)(H,45,63)(H,46,60)(H,47,64)(H,48,57)(H,49,59)(H,50,61)(H,51,62)(H,65,66)/t18-,19+,20+,21+,23-,24-,25-,26-,27-,28-,29-,30-/m0/s1. The summed E-state index contributed by atoms with van der Waals surface area (Å²) in [4.78, 5) is 124. The van der Waals surface area contributed by atoms with Gasteiger partial charge in [0.2, 0.25) is 47.3 Å². The van der Waals surface area contributed by atoms with Gasteiger partial charge in [0.15, 0.2) is 0 Å². The number of carboxylic acid groups (broad SMARTS) is 1. The molecule has 0 aliphatic heterocycles. The molecule has 0 saturated carbocycles. The third-order valence-corrected chi connectivity index (χ3v) is 9.84. The van der Waals surface area contributed by atoms with Crippen molar-refractivity contribution in [3.63, 3.8) is 0 Å². The van der Waals surface area contributed by atoms with Crippen LogP contribution >= 0.6 is 0 Å². The molecule has 0 aromatic carbocycles. The maximum atomic E-state index is 13.6. The van der Waals surface area contributed by atoms with Gasteiger partial charge in [0.1, 0.15) is 54.4 Å². The Morgan fingerprint density at radius 3 is 1.50 bits per heavy atom. The van der Waals surface area contributed by atoms with Gasteiger partial charge in [-0.05, 0) is 65.8 Å². The molecule has 374 valence electrons. The van der Waals surface area contributed by atoms with Crippen LogP contribution in [-0.2, 0) is 49.6 Å². The number of aliphatic hydroxyl groups is 5. The first kappa shape index (κ1) is 58.2. The van der Waals surface area contributed by atoms with Crippen molar-refractivity contribution < 1.29 is 73.8 Å². The summed E-state index contributed by atoms with van der Waals surface area (Å²) in [5.74, 6) is -9.93. The van der Waals surface area contributed by atoms with E-state index in [0.29, 0.717) is 12.8 Å². The maximum absolute atomic E-state index is 13.6. The van der Waals surface area contributed by atoms with E-state index in [1.54, 1.807) is 13.8 Å². The second-order valence-electron chi connectivity index (χ2n) is 16.2. The molecule has 27 heteroatoms. The number of imidazole rings is 1. The number of nitrogens with one attached hydrogen (secondary N) is 9. The molecule has 0 fully saturated rings. The van der Waals surface area contributed by atoms with Crippen LogP contribution in [0.4, 0.5) is 0 Å². The number of aliphatic hydroxyl groups excluding tert-OH is 5. The number of carbonyl (C=O) groups is 9. The summed E-state index contributed by atoms with van der Waals surface area (Å²) in [6, 6.07) is -14.1. The second-order valence-corrected chi connectivity index (χ2v) is 16.2. The molecule has 0 radical (unpaired) electrons. The van der Waals surface area contributed by atoms with E-state index < -0.39 is 139 Å². The van der Waals surface area contributed by atoms with Gasteiger partial charge < -0.3 is 89.6 Å². The number of nitrogens with two attached hydrogens (primary N) is 2. The first-order chi connectivity index (χ1) is 30.9. The highest BCUT2D eigenvalue weighted by atomic mass is 16.4. The lowest BCUT2D eigenvalue weighted by molar-refractivity contribution is -0.143. The van der Waals surface area contributed by atoms with Crippen LogP contribution in [0.1, 0.15) is 72.9 Å². The largest absolute Gasteiger partial charge is 0.480 e. The highest BCUT2D eigenvalue weighted by Gasteiger charge is 2.36. The van der Waals surface area contributed by atoms with E-state index in [4.69, 9.17) is 11.5 Å². The third kappa shape index (κ3) is 19.7. The van der Waals surface area contributed by atoms with Crippen molar-refractivity contribution >= 4 is 53.2 Å². The normalized spacial score (nSPS) is 16.8. The van der Waals surface area contributed by atoms with Gasteiger partial charge in [0, 0.05) is 18.3 Å². The van der Waals surface area contributed by atoms with Crippen LogP contribution in [0.5, 0.6) is 0 Å². The van der Waals surface area contributed by atoms with Gasteiger partial charge >= 0.3 is 5.97 Å². The Hall–Kier alpha value is -5.84. The SMILES string of the molecule is CC(C)C[C@H](NC(=O)[C@@H](NC(=O)[C@@H](N)[C@@H](C)O)[C@@H](C)O)C(=O)N[C@@H](C)C(=O)N[C@@H](CO)C(=O)N[C@@H](Cc1cnc[nH]1)C(=O)N[C@@H](CO)C(=O)N[C@H](C(=O)N[C@@H](CCCCN)C(=O)O)[C@@H](C)O. The number of hydrogen-bond acceptors (Lipinski definition) is 17. The Labute approximate surface area is 380 Å². The second kappa shape index (κ2) is 28.9. The van der Waals surface area contributed by atoms with Crippen molar-refractivity contribution in [1.29, 1.82) is 0 Å². The fourth-order valence-corrected chi connectivity index (χ4v) is 5.94. The Morgan fingerprint density at radius 1 is 0.591 bits per heavy atom. The summed E-state index contributed by atoms with van der Waals surface area (Å²) in [6.45, 7) is 6.42. The zero-order chi connectivity index (χ0) is 50.4. The van der Waals surface area contributed by atoms with E-state index >= 15 is 0 Å². The molecule has 0 spiro atoms. The number of H-pyrrole nitrogens is 1. The van der Waals surface area contributed by atoms with Crippen molar-refractivity contribution in [2.75, 3.05) is 19.8 Å². The number of aromatic amines is 1. The molecule has 8 amide bonds. The summed E-state index contributed by atoms with van der Waals surface area (Å²) in [5.41, 5.74) is 11.4. The number of aromatic nitrogens is 2. The molecule has 12 atom stereocenters. The highest BCUT2D eigenvalue weighted by Crippen LogP contribution is 2.09. The number of carbonyl (C=O) groups excluding carboxylic acids is 8. The molecule has 66 heavy (non-hydrogen) atoms. The summed E-state index contributed by atoms with van der Waals surface area (Å²) >= 11 is 0. The van der Waals surface area contributed by atoms with Gasteiger partial charge in [0.25, 0.3) is 0 Å². The average Bonchev–Trinajstić information content (AvgIpc) is 3.76. The smallest absolute Gasteiger partial charge is 0.326 e. The number of carboxylic acids is 1. The van der Waals surface area contributed by atoms with Gasteiger partial charge in [0.05, 0.1) is 37.9 Å². The first-order valence-electron chi connectivity index (χ1n) is 21.2. The summed E-state index contributed by atoms with van der Waals surface area (Å²) in [6.07, 6.45) is -1.30. The molecule has 19 N–H and O–H groups in total. The number of hydrogen-bond donors (Lipinski definition) is 17. The van der Waals surface area contributed by atoms with Gasteiger partial charge in [-0.25, -0.2) is 9.78 Å². The maximum Gasteiger partial charge on any atom is 0.326 e. The Kier molecular flexibility index (Phi) is 25.5. The average molecular weight is 945 g/mol. The molecule has 27 nitrogen and oxygen atoms in total. The monoisotopic (exact) mass is 944 g/mol. The van der Waals surface area contributed by atoms with Gasteiger partial charge in [-0.1, -0.05) is 13.8 Å². The molecule has 1 aromatic heterocycles. The first-order valence-corrected chi connectivity index (χ1v) is 21.2. The summed E-state index contributed by atoms with van der Waals surface area (Å²) in [5, 5.41) is 78.1. The van der Waals surface area contributed by atoms with Crippen molar-refractivity contribution in [3.05, 3.63) is 18.2 Å². The predicted molar refractivity (Wildman–Crippen MR) is 231 cm³/mol. The zero-order valence-electron chi connectivity index (χ0n) is 37.8. The minimum atomic E-state index is -1.81. The molecule has 0 aliphatic rings. The number of amides is 8. The number of rotatable bonds is 30. The third-order valence-electron chi connectivity index (χ3n) is 9.84. The van der Waals surface area contributed by atoms with Crippen LogP contribution in [0.25, 0.3) is 0 Å². The molecule has 1 rings (SSSR count). The van der Waals surface area contributed by atoms with Gasteiger partial charge in [-0.15, -0.1) is 0 Å². The molecule has 0 unspecified atom stereocenters. The van der Waals surface area contributed by atoms with Crippen LogP contribution in [0.3, 0.4) is 0 Å². The Balaban J connectivity index is 3.16. The number of nitrogens with zero attached hydrogens (tertiary/aromatic N) is 1. The van der Waals surface area contributed by atoms with Crippen molar-refractivity contribution in [1.82, 2.24) is 52.5 Å². The van der Waals surface area contributed by atoms with Crippen molar-refractivity contribution in [3.8, 4) is 0 Å². The Bertz CT molecular complexity index is 1760. The predicted octanol–water partition coefficient (Wildman–Crippen LogP) is -7.44. The molecule has 1 heterocycles. The lowest BCUT2D eigenvalue weighted by Crippen LogP contribution is -2.62. The Morgan fingerprint density at radius 2 is 1.05 bits per heavy atom. The number of aliphatic carboxylic acids is 1. The zero-order valence-corrected chi connectivity index (χ0v) is 37.8. The van der Waals surface area contributed by atoms with Crippen LogP contribution in [0, 0.1) is 5.92 Å². The van der Waals surface area contributed by atoms with Gasteiger partial charge in [-0.3, -0.25) is 38.4 Å². The van der Waals surface area contributed by atoms with Crippen molar-refractivity contribution in [2.24, 2.45) is 17.4 Å². The van der Waals surface area contributed by atoms with Crippen LogP contribution in [0.15, 0.2) is 12.5 Å². The summed E-state index contributed by atoms with van der Waals surface area (Å²) < 4.78 is 0. The van der Waals surface area contributed by atoms with Crippen molar-refractivity contribution in [2.45, 2.75) is 146 Å². The lowest BCUT2D eigenvalue weighted by Gasteiger charge is -2.28. The van der Waals surface area contributed by atoms with E-state index in [1.807, 2.05) is 0 Å². The fraction of sp³-hybridized carbons (Fsp3) is 0.692. The highest BCUT2D eigenvalue weighted by molar-refractivity contribution is 5.98. The molecule has 0 aliphatic carbocycles. The van der Waals surface area contributed by atoms with E-state index in [0.717, 1.165) is 6.92 Å². The molecule has 0 saturated heterocycles. The fourth-order valence-electron chi connectivity index (χ4n) is 5.94. The quantitative estimate of drug-likeness (QED) is 0.0319. The van der Waals surface area contributed by atoms with E-state index in [2.05, 4.69) is 52.5 Å². The van der Waals surface area contributed by atoms with Crippen LogP contribution < -0.4 is 54.0 Å². The minimum Gasteiger partial charge on any atom is -0.480 e. The summed E-state index contributed by atoms with van der Waals surface area (Å²) in [7, 11) is 0. The molecular weight excluding hydrogens is 876 g/mol. The molecule has 1 aromatic rings. The van der Waals surface area contributed by atoms with E-state index in [1.165, 1.54) is 33.3 Å². The minimum absolute atomic E-state index is 0.00537. The van der Waals surface area contributed by atoms with Gasteiger partial charge in [-0.2, -0.15) is 0 Å².